The number of aromatic nitrogens is 1. The van der Waals surface area contributed by atoms with Crippen LogP contribution in [0.5, 0.6) is 0 Å². The molecule has 2 aromatic heterocycles. The van der Waals surface area contributed by atoms with E-state index in [0.29, 0.717) is 11.1 Å². The molecular formula is C32H25N3O2S. The first-order chi connectivity index (χ1) is 18.7. The number of hydrogen-bond donors (Lipinski definition) is 0. The quantitative estimate of drug-likeness (QED) is 0.230. The maximum Gasteiger partial charge on any atom is 0.345 e. The number of benzene rings is 3. The Kier molecular flexibility index (Phi) is 5.74. The van der Waals surface area contributed by atoms with Crippen molar-refractivity contribution in [1.82, 2.24) is 4.98 Å². The first-order valence-electron chi connectivity index (χ1n) is 12.9. The minimum absolute atomic E-state index is 0.0534. The maximum absolute atomic E-state index is 12.8. The highest BCUT2D eigenvalue weighted by Gasteiger charge is 2.42. The number of para-hydroxylation sites is 1. The van der Waals surface area contributed by atoms with E-state index in [1.165, 1.54) is 28.0 Å². The fourth-order valence-corrected chi connectivity index (χ4v) is 6.53. The minimum atomic E-state index is -0.354. The van der Waals surface area contributed by atoms with Gasteiger partial charge in [0.2, 0.25) is 5.13 Å². The van der Waals surface area contributed by atoms with Gasteiger partial charge in [0, 0.05) is 17.5 Å². The van der Waals surface area contributed by atoms with E-state index < -0.39 is 0 Å². The van der Waals surface area contributed by atoms with Crippen LogP contribution < -0.4 is 10.6 Å². The van der Waals surface area contributed by atoms with Crippen LogP contribution in [0.25, 0.3) is 27.5 Å². The molecule has 5 aromatic rings. The molecule has 38 heavy (non-hydrogen) atoms. The highest BCUT2D eigenvalue weighted by atomic mass is 32.1. The summed E-state index contributed by atoms with van der Waals surface area (Å²) in [5.74, 6) is 0.277. The minimum Gasteiger partial charge on any atom is -0.422 e. The number of allylic oxidation sites excluding steroid dienone is 1. The molecule has 186 valence electrons. The number of nitrogens with zero attached hydrogens (tertiary/aromatic N) is 3. The molecule has 3 aromatic carbocycles. The van der Waals surface area contributed by atoms with Gasteiger partial charge in [0.1, 0.15) is 5.58 Å². The third-order valence-electron chi connectivity index (χ3n) is 7.38. The van der Waals surface area contributed by atoms with Crippen molar-refractivity contribution in [2.24, 2.45) is 11.0 Å². The summed E-state index contributed by atoms with van der Waals surface area (Å²) in [6, 6.07) is 30.6. The van der Waals surface area contributed by atoms with E-state index in [4.69, 9.17) is 14.5 Å². The van der Waals surface area contributed by atoms with Crippen LogP contribution in [0.2, 0.25) is 0 Å². The van der Waals surface area contributed by atoms with Crippen molar-refractivity contribution in [3.05, 3.63) is 124 Å². The third-order valence-corrected chi connectivity index (χ3v) is 8.40. The smallest absolute Gasteiger partial charge is 0.345 e. The number of fused-ring (bicyclic) bond motifs is 2. The number of anilines is 1. The summed E-state index contributed by atoms with van der Waals surface area (Å²) in [5, 5.41) is 8.97. The normalized spacial score (nSPS) is 20.1. The van der Waals surface area contributed by atoms with Crippen LogP contribution in [-0.2, 0) is 0 Å². The van der Waals surface area contributed by atoms with Crippen LogP contribution in [0.3, 0.4) is 0 Å². The summed E-state index contributed by atoms with van der Waals surface area (Å²) < 4.78 is 5.59. The van der Waals surface area contributed by atoms with Gasteiger partial charge in [0.15, 0.2) is 0 Å². The molecule has 0 amide bonds. The van der Waals surface area contributed by atoms with Crippen LogP contribution in [0.15, 0.2) is 117 Å². The van der Waals surface area contributed by atoms with Crippen LogP contribution in [0.4, 0.5) is 5.13 Å². The number of hydrogen-bond acceptors (Lipinski definition) is 6. The summed E-state index contributed by atoms with van der Waals surface area (Å²) in [6.45, 7) is 0. The van der Waals surface area contributed by atoms with Crippen LogP contribution in [0, 0.1) is 5.92 Å². The first kappa shape index (κ1) is 22.9. The molecule has 1 aliphatic heterocycles. The molecule has 1 fully saturated rings. The molecule has 0 saturated heterocycles. The lowest BCUT2D eigenvalue weighted by atomic mass is 9.77. The standard InChI is InChI=1S/C32H25N3O2S/c36-31-26(19-23-14-7-8-17-27(23)37-31)28-20-33-32(38-28)35-30(22-12-5-2-6-13-22)25-16-9-15-24(29(25)34-35)18-21-10-3-1-4-11-21/h1-8,10-14,17-20,25,30H,9,15-16H2/b24-18+. The van der Waals surface area contributed by atoms with Crippen molar-refractivity contribution in [2.75, 3.05) is 5.01 Å². The van der Waals surface area contributed by atoms with E-state index in [9.17, 15) is 4.79 Å². The van der Waals surface area contributed by atoms with Gasteiger partial charge in [-0.05, 0) is 54.2 Å². The molecule has 2 atom stereocenters. The Hall–Kier alpha value is -4.29. The van der Waals surface area contributed by atoms with Gasteiger partial charge in [0.25, 0.3) is 0 Å². The molecule has 2 aliphatic rings. The predicted molar refractivity (Wildman–Crippen MR) is 154 cm³/mol. The second kappa shape index (κ2) is 9.54. The predicted octanol–water partition coefficient (Wildman–Crippen LogP) is 7.72. The molecule has 0 bridgehead atoms. The molecule has 0 spiro atoms. The van der Waals surface area contributed by atoms with Gasteiger partial charge in [-0.25, -0.2) is 14.8 Å². The summed E-state index contributed by atoms with van der Waals surface area (Å²) >= 11 is 1.48. The van der Waals surface area contributed by atoms with Gasteiger partial charge in [-0.1, -0.05) is 90.2 Å². The molecule has 1 aliphatic carbocycles. The SMILES string of the molecule is O=c1oc2ccccc2cc1-c1cnc(N2N=C3/C(=C/c4ccccc4)CCCC3C2c2ccccc2)s1. The summed E-state index contributed by atoms with van der Waals surface area (Å²) in [6.07, 6.45) is 7.27. The molecule has 1 saturated carbocycles. The molecule has 7 rings (SSSR count). The Morgan fingerprint density at radius 1 is 0.947 bits per heavy atom. The van der Waals surface area contributed by atoms with Crippen LogP contribution in [-0.4, -0.2) is 10.7 Å². The summed E-state index contributed by atoms with van der Waals surface area (Å²) in [7, 11) is 0. The lowest BCUT2D eigenvalue weighted by molar-refractivity contribution is 0.487. The van der Waals surface area contributed by atoms with Gasteiger partial charge >= 0.3 is 5.63 Å². The summed E-state index contributed by atoms with van der Waals surface area (Å²) in [4.78, 5) is 18.4. The second-order valence-electron chi connectivity index (χ2n) is 9.76. The van der Waals surface area contributed by atoms with E-state index in [2.05, 4.69) is 59.6 Å². The van der Waals surface area contributed by atoms with Crippen molar-refractivity contribution in [3.63, 3.8) is 0 Å². The zero-order chi connectivity index (χ0) is 25.5. The average molecular weight is 516 g/mol. The van der Waals surface area contributed by atoms with Crippen molar-refractivity contribution >= 4 is 39.2 Å². The van der Waals surface area contributed by atoms with Crippen LogP contribution >= 0.6 is 11.3 Å². The summed E-state index contributed by atoms with van der Waals surface area (Å²) in [5.41, 5.74) is 5.62. The third kappa shape index (κ3) is 4.07. The highest BCUT2D eigenvalue weighted by molar-refractivity contribution is 7.18. The molecule has 5 nitrogen and oxygen atoms in total. The molecular weight excluding hydrogens is 490 g/mol. The lowest BCUT2D eigenvalue weighted by Gasteiger charge is -2.29. The van der Waals surface area contributed by atoms with Crippen molar-refractivity contribution in [1.29, 1.82) is 0 Å². The van der Waals surface area contributed by atoms with E-state index in [0.717, 1.165) is 40.4 Å². The van der Waals surface area contributed by atoms with Gasteiger partial charge in [-0.2, -0.15) is 5.10 Å². The topological polar surface area (TPSA) is 58.7 Å². The molecule has 0 N–H and O–H groups in total. The zero-order valence-electron chi connectivity index (χ0n) is 20.7. The fourth-order valence-electron chi connectivity index (χ4n) is 5.62. The van der Waals surface area contributed by atoms with Crippen molar-refractivity contribution in [2.45, 2.75) is 25.3 Å². The van der Waals surface area contributed by atoms with Crippen LogP contribution in [0.1, 0.15) is 36.4 Å². The Labute approximate surface area is 224 Å². The monoisotopic (exact) mass is 515 g/mol. The van der Waals surface area contributed by atoms with Gasteiger partial charge < -0.3 is 4.42 Å². The number of rotatable bonds is 4. The number of hydrazone groups is 1. The average Bonchev–Trinajstić information content (AvgIpc) is 3.60. The van der Waals surface area contributed by atoms with Gasteiger partial charge in [-0.3, -0.25) is 0 Å². The van der Waals surface area contributed by atoms with E-state index >= 15 is 0 Å². The molecule has 0 radical (unpaired) electrons. The second-order valence-corrected chi connectivity index (χ2v) is 10.8. The Bertz CT molecular complexity index is 1740. The first-order valence-corrected chi connectivity index (χ1v) is 13.7. The van der Waals surface area contributed by atoms with E-state index in [1.807, 2.05) is 42.5 Å². The molecule has 3 heterocycles. The van der Waals surface area contributed by atoms with Gasteiger partial charge in [-0.15, -0.1) is 0 Å². The Morgan fingerprint density at radius 3 is 2.55 bits per heavy atom. The Morgan fingerprint density at radius 2 is 1.71 bits per heavy atom. The number of thiazole rings is 1. The molecule has 6 heteroatoms. The fraction of sp³-hybridized carbons (Fsp3) is 0.156. The maximum atomic E-state index is 12.8. The van der Waals surface area contributed by atoms with E-state index in [-0.39, 0.29) is 17.6 Å². The van der Waals surface area contributed by atoms with Gasteiger partial charge in [0.05, 0.1) is 22.2 Å². The molecule has 2 unspecified atom stereocenters. The van der Waals surface area contributed by atoms with Crippen molar-refractivity contribution < 1.29 is 4.42 Å². The zero-order valence-corrected chi connectivity index (χ0v) is 21.5. The lowest BCUT2D eigenvalue weighted by Crippen LogP contribution is -2.27. The highest BCUT2D eigenvalue weighted by Crippen LogP contribution is 2.47. The van der Waals surface area contributed by atoms with E-state index in [1.54, 1.807) is 6.20 Å². The van der Waals surface area contributed by atoms with Crippen molar-refractivity contribution in [3.8, 4) is 10.4 Å². The largest absolute Gasteiger partial charge is 0.422 e. The Balaban J connectivity index is 1.32.